The van der Waals surface area contributed by atoms with Crippen LogP contribution in [0.3, 0.4) is 0 Å². The number of fused-ring (bicyclic) bond motifs is 5. The summed E-state index contributed by atoms with van der Waals surface area (Å²) in [6, 6.07) is 9.51. The lowest BCUT2D eigenvalue weighted by atomic mass is 10.1. The van der Waals surface area contributed by atoms with Crippen LogP contribution < -0.4 is 0 Å². The first-order valence-electron chi connectivity index (χ1n) is 5.29. The van der Waals surface area contributed by atoms with Gasteiger partial charge >= 0.3 is 0 Å². The molecule has 0 saturated heterocycles. The standard InChI is InChI=1S/C13H5Cl2NOS/c14-6-1-2-8-7(5-6)11-9(17-8)3-4-10-12(11)16-13(15)18-10/h1-5H. The Labute approximate surface area is 116 Å². The van der Waals surface area contributed by atoms with Gasteiger partial charge in [-0.25, -0.2) is 4.98 Å². The number of hydrogen-bond donors (Lipinski definition) is 0. The minimum atomic E-state index is 0.536. The molecular weight excluding hydrogens is 289 g/mol. The van der Waals surface area contributed by atoms with E-state index in [2.05, 4.69) is 4.98 Å². The number of thiazole rings is 1. The van der Waals surface area contributed by atoms with Crippen molar-refractivity contribution in [1.82, 2.24) is 4.98 Å². The molecular formula is C13H5Cl2NOS. The Balaban J connectivity index is 2.34. The van der Waals surface area contributed by atoms with Crippen molar-refractivity contribution in [1.29, 1.82) is 0 Å². The summed E-state index contributed by atoms with van der Waals surface area (Å²) in [4.78, 5) is 4.37. The fourth-order valence-corrected chi connectivity index (χ4v) is 3.40. The number of rotatable bonds is 0. The van der Waals surface area contributed by atoms with Crippen LogP contribution in [0.15, 0.2) is 34.7 Å². The molecule has 2 nitrogen and oxygen atoms in total. The molecule has 0 radical (unpaired) electrons. The summed E-state index contributed by atoms with van der Waals surface area (Å²) in [6.45, 7) is 0. The zero-order valence-electron chi connectivity index (χ0n) is 8.91. The van der Waals surface area contributed by atoms with Gasteiger partial charge < -0.3 is 4.42 Å². The molecule has 0 amide bonds. The highest BCUT2D eigenvalue weighted by molar-refractivity contribution is 7.22. The van der Waals surface area contributed by atoms with Crippen molar-refractivity contribution in [3.05, 3.63) is 39.8 Å². The van der Waals surface area contributed by atoms with Gasteiger partial charge in [-0.1, -0.05) is 23.2 Å². The Morgan fingerprint density at radius 1 is 1.06 bits per heavy atom. The van der Waals surface area contributed by atoms with Gasteiger partial charge in [0.05, 0.1) is 15.6 Å². The number of nitrogens with zero attached hydrogens (tertiary/aromatic N) is 1. The molecule has 88 valence electrons. The molecule has 0 bridgehead atoms. The van der Waals surface area contributed by atoms with Crippen molar-refractivity contribution >= 4 is 66.7 Å². The van der Waals surface area contributed by atoms with Crippen LogP contribution in [0.2, 0.25) is 9.49 Å². The van der Waals surface area contributed by atoms with Gasteiger partial charge in [0.1, 0.15) is 11.2 Å². The van der Waals surface area contributed by atoms with E-state index in [9.17, 15) is 0 Å². The van der Waals surface area contributed by atoms with E-state index in [1.54, 1.807) is 0 Å². The normalized spacial score (nSPS) is 11.9. The van der Waals surface area contributed by atoms with Crippen LogP contribution in [0.25, 0.3) is 32.2 Å². The van der Waals surface area contributed by atoms with Crippen molar-refractivity contribution in [3.8, 4) is 0 Å². The monoisotopic (exact) mass is 293 g/mol. The molecule has 0 aliphatic rings. The molecule has 0 aliphatic heterocycles. The third kappa shape index (κ3) is 1.38. The van der Waals surface area contributed by atoms with E-state index in [1.165, 1.54) is 11.3 Å². The smallest absolute Gasteiger partial charge is 0.184 e. The van der Waals surface area contributed by atoms with E-state index in [-0.39, 0.29) is 0 Å². The number of aromatic nitrogens is 1. The number of halogens is 2. The molecule has 0 atom stereocenters. The molecule has 2 heterocycles. The summed E-state index contributed by atoms with van der Waals surface area (Å²) >= 11 is 13.5. The van der Waals surface area contributed by atoms with Crippen LogP contribution in [0, 0.1) is 0 Å². The summed E-state index contributed by atoms with van der Waals surface area (Å²) in [6.07, 6.45) is 0. The SMILES string of the molecule is Clc1ccc2oc3ccc4sc(Cl)nc4c3c2c1. The second kappa shape index (κ2) is 3.60. The molecule has 0 aliphatic carbocycles. The molecule has 5 heteroatoms. The van der Waals surface area contributed by atoms with Crippen molar-refractivity contribution < 1.29 is 4.42 Å². The average Bonchev–Trinajstić information content (AvgIpc) is 2.87. The van der Waals surface area contributed by atoms with Gasteiger partial charge in [-0.05, 0) is 30.3 Å². The molecule has 4 rings (SSSR count). The Bertz CT molecular complexity index is 909. The van der Waals surface area contributed by atoms with Crippen LogP contribution in [-0.4, -0.2) is 4.98 Å². The molecule has 0 N–H and O–H groups in total. The summed E-state index contributed by atoms with van der Waals surface area (Å²) in [5.74, 6) is 0. The van der Waals surface area contributed by atoms with E-state index in [0.717, 1.165) is 32.2 Å². The fourth-order valence-electron chi connectivity index (χ4n) is 2.20. The third-order valence-electron chi connectivity index (χ3n) is 2.93. The highest BCUT2D eigenvalue weighted by Gasteiger charge is 2.13. The molecule has 0 fully saturated rings. The van der Waals surface area contributed by atoms with Gasteiger partial charge in [0.2, 0.25) is 0 Å². The van der Waals surface area contributed by atoms with Gasteiger partial charge in [-0.2, -0.15) is 0 Å². The lowest BCUT2D eigenvalue weighted by molar-refractivity contribution is 0.669. The quantitative estimate of drug-likeness (QED) is 0.428. The average molecular weight is 294 g/mol. The summed E-state index contributed by atoms with van der Waals surface area (Å²) in [5.41, 5.74) is 2.50. The first-order valence-corrected chi connectivity index (χ1v) is 6.86. The van der Waals surface area contributed by atoms with Gasteiger partial charge in [0.25, 0.3) is 0 Å². The van der Waals surface area contributed by atoms with E-state index in [0.29, 0.717) is 9.49 Å². The van der Waals surface area contributed by atoms with Crippen molar-refractivity contribution in [3.63, 3.8) is 0 Å². The van der Waals surface area contributed by atoms with Crippen LogP contribution in [0.1, 0.15) is 0 Å². The zero-order chi connectivity index (χ0) is 12.3. The van der Waals surface area contributed by atoms with Crippen LogP contribution in [-0.2, 0) is 0 Å². The number of furan rings is 1. The minimum absolute atomic E-state index is 0.536. The van der Waals surface area contributed by atoms with Gasteiger partial charge in [-0.3, -0.25) is 0 Å². The van der Waals surface area contributed by atoms with E-state index in [1.807, 2.05) is 30.3 Å². The first-order chi connectivity index (χ1) is 8.72. The molecule has 18 heavy (non-hydrogen) atoms. The van der Waals surface area contributed by atoms with Gasteiger partial charge in [-0.15, -0.1) is 11.3 Å². The van der Waals surface area contributed by atoms with Gasteiger partial charge in [0.15, 0.2) is 4.47 Å². The minimum Gasteiger partial charge on any atom is -0.456 e. The molecule has 2 aromatic heterocycles. The van der Waals surface area contributed by atoms with Crippen LogP contribution >= 0.6 is 34.5 Å². The predicted octanol–water partition coefficient (Wildman–Crippen LogP) is 5.50. The summed E-state index contributed by atoms with van der Waals surface area (Å²) in [5, 5.41) is 2.64. The Kier molecular flexibility index (Phi) is 2.13. The highest BCUT2D eigenvalue weighted by atomic mass is 35.5. The van der Waals surface area contributed by atoms with Crippen molar-refractivity contribution in [2.45, 2.75) is 0 Å². The molecule has 0 unspecified atom stereocenters. The van der Waals surface area contributed by atoms with Crippen LogP contribution in [0.4, 0.5) is 0 Å². The fraction of sp³-hybridized carbons (Fsp3) is 0. The highest BCUT2D eigenvalue weighted by Crippen LogP contribution is 2.38. The molecule has 0 saturated carbocycles. The Morgan fingerprint density at radius 3 is 2.78 bits per heavy atom. The Hall–Kier alpha value is -1.29. The largest absolute Gasteiger partial charge is 0.456 e. The number of benzene rings is 2. The Morgan fingerprint density at radius 2 is 1.89 bits per heavy atom. The molecule has 4 aromatic rings. The lowest BCUT2D eigenvalue weighted by Crippen LogP contribution is -1.71. The van der Waals surface area contributed by atoms with E-state index in [4.69, 9.17) is 27.6 Å². The predicted molar refractivity (Wildman–Crippen MR) is 76.9 cm³/mol. The first kappa shape index (κ1) is 10.6. The lowest BCUT2D eigenvalue weighted by Gasteiger charge is -1.91. The molecule has 0 spiro atoms. The van der Waals surface area contributed by atoms with Crippen LogP contribution in [0.5, 0.6) is 0 Å². The second-order valence-electron chi connectivity index (χ2n) is 3.99. The maximum Gasteiger partial charge on any atom is 0.184 e. The van der Waals surface area contributed by atoms with E-state index >= 15 is 0 Å². The maximum absolute atomic E-state index is 6.05. The summed E-state index contributed by atoms with van der Waals surface area (Å²) < 4.78 is 7.37. The topological polar surface area (TPSA) is 26.0 Å². The van der Waals surface area contributed by atoms with E-state index < -0.39 is 0 Å². The van der Waals surface area contributed by atoms with Crippen molar-refractivity contribution in [2.24, 2.45) is 0 Å². The molecule has 2 aromatic carbocycles. The summed E-state index contributed by atoms with van der Waals surface area (Å²) in [7, 11) is 0. The zero-order valence-corrected chi connectivity index (χ0v) is 11.2. The number of hydrogen-bond acceptors (Lipinski definition) is 3. The third-order valence-corrected chi connectivity index (χ3v) is 4.29. The van der Waals surface area contributed by atoms with Crippen molar-refractivity contribution in [2.75, 3.05) is 0 Å². The van der Waals surface area contributed by atoms with Gasteiger partial charge in [0, 0.05) is 10.4 Å². The second-order valence-corrected chi connectivity index (χ2v) is 6.04. The maximum atomic E-state index is 6.05.